The van der Waals surface area contributed by atoms with Gasteiger partial charge in [-0.15, -0.1) is 0 Å². The molecule has 0 bridgehead atoms. The highest BCUT2D eigenvalue weighted by Crippen LogP contribution is 2.22. The van der Waals surface area contributed by atoms with Crippen LogP contribution in [0.3, 0.4) is 0 Å². The molecular weight excluding hydrogens is 292 g/mol. The fourth-order valence-corrected chi connectivity index (χ4v) is 2.24. The van der Waals surface area contributed by atoms with E-state index in [1.165, 1.54) is 12.0 Å². The van der Waals surface area contributed by atoms with Crippen molar-refractivity contribution in [2.45, 2.75) is 6.92 Å². The van der Waals surface area contributed by atoms with Crippen LogP contribution in [0.1, 0.15) is 17.4 Å². The summed E-state index contributed by atoms with van der Waals surface area (Å²) in [6, 6.07) is 9.08. The first-order chi connectivity index (χ1) is 10.1. The molecule has 0 saturated carbocycles. The van der Waals surface area contributed by atoms with Gasteiger partial charge in [-0.25, -0.2) is 4.98 Å². The number of aromatic nitrogens is 1. The predicted octanol–water partition coefficient (Wildman–Crippen LogP) is 2.52. The van der Waals surface area contributed by atoms with Crippen molar-refractivity contribution in [2.24, 2.45) is 0 Å². The van der Waals surface area contributed by atoms with Gasteiger partial charge in [-0.3, -0.25) is 9.59 Å². The van der Waals surface area contributed by atoms with Crippen molar-refractivity contribution in [1.82, 2.24) is 9.88 Å². The minimum absolute atomic E-state index is 0.113. The number of hydrogen-bond donors (Lipinski definition) is 0. The zero-order chi connectivity index (χ0) is 15.4. The van der Waals surface area contributed by atoms with Gasteiger partial charge in [0.1, 0.15) is 17.4 Å². The van der Waals surface area contributed by atoms with Gasteiger partial charge in [0.25, 0.3) is 5.91 Å². The molecule has 1 aromatic carbocycles. The number of pyridine rings is 1. The van der Waals surface area contributed by atoms with Crippen LogP contribution < -0.4 is 0 Å². The van der Waals surface area contributed by atoms with E-state index in [2.05, 4.69) is 9.72 Å². The first-order valence-corrected chi connectivity index (χ1v) is 6.86. The molecular formula is C15H15ClN2O3. The van der Waals surface area contributed by atoms with Gasteiger partial charge in [0.15, 0.2) is 0 Å². The quantitative estimate of drug-likeness (QED) is 0.643. The van der Waals surface area contributed by atoms with Crippen LogP contribution in [0.15, 0.2) is 30.3 Å². The lowest BCUT2D eigenvalue weighted by atomic mass is 10.1. The molecule has 0 fully saturated rings. The molecule has 0 radical (unpaired) electrons. The molecule has 1 heterocycles. The summed E-state index contributed by atoms with van der Waals surface area (Å²) in [6.07, 6.45) is 0. The third kappa shape index (κ3) is 3.31. The molecule has 0 aliphatic rings. The normalized spacial score (nSPS) is 10.4. The third-order valence-electron chi connectivity index (χ3n) is 3.13. The number of ether oxygens (including phenoxy) is 1. The summed E-state index contributed by atoms with van der Waals surface area (Å²) in [4.78, 5) is 29.2. The first-order valence-electron chi connectivity index (χ1n) is 6.48. The molecule has 0 aliphatic heterocycles. The average Bonchev–Trinajstić information content (AvgIpc) is 2.51. The van der Waals surface area contributed by atoms with Crippen molar-refractivity contribution in [3.63, 3.8) is 0 Å². The summed E-state index contributed by atoms with van der Waals surface area (Å²) >= 11 is 6.11. The number of benzene rings is 1. The fraction of sp³-hybridized carbons (Fsp3) is 0.267. The molecule has 2 aromatic rings. The van der Waals surface area contributed by atoms with E-state index in [0.717, 1.165) is 10.8 Å². The van der Waals surface area contributed by atoms with Crippen LogP contribution in [0.4, 0.5) is 0 Å². The predicted molar refractivity (Wildman–Crippen MR) is 80.3 cm³/mol. The first kappa shape index (κ1) is 15.3. The van der Waals surface area contributed by atoms with Crippen molar-refractivity contribution in [1.29, 1.82) is 0 Å². The van der Waals surface area contributed by atoms with Gasteiger partial charge in [-0.05, 0) is 18.4 Å². The summed E-state index contributed by atoms with van der Waals surface area (Å²) in [5.41, 5.74) is 0.212. The maximum absolute atomic E-state index is 12.4. The maximum atomic E-state index is 12.4. The van der Waals surface area contributed by atoms with Gasteiger partial charge in [0, 0.05) is 11.9 Å². The molecule has 0 unspecified atom stereocenters. The van der Waals surface area contributed by atoms with E-state index >= 15 is 0 Å². The van der Waals surface area contributed by atoms with Gasteiger partial charge in [0.05, 0.1) is 7.11 Å². The molecule has 1 aromatic heterocycles. The van der Waals surface area contributed by atoms with E-state index in [1.807, 2.05) is 24.3 Å². The second kappa shape index (κ2) is 6.54. The number of carbonyl (C=O) groups excluding carboxylic acids is 2. The number of nitrogens with zero attached hydrogens (tertiary/aromatic N) is 2. The van der Waals surface area contributed by atoms with Gasteiger partial charge in [0.2, 0.25) is 0 Å². The summed E-state index contributed by atoms with van der Waals surface area (Å²) < 4.78 is 4.58. The topological polar surface area (TPSA) is 59.5 Å². The Morgan fingerprint density at radius 2 is 2.05 bits per heavy atom. The van der Waals surface area contributed by atoms with E-state index in [1.54, 1.807) is 13.0 Å². The fourth-order valence-electron chi connectivity index (χ4n) is 1.98. The Kier molecular flexibility index (Phi) is 4.75. The molecule has 0 saturated heterocycles. The van der Waals surface area contributed by atoms with Crippen LogP contribution in [-0.4, -0.2) is 42.0 Å². The van der Waals surface area contributed by atoms with Crippen LogP contribution >= 0.6 is 11.6 Å². The van der Waals surface area contributed by atoms with Crippen molar-refractivity contribution >= 4 is 34.2 Å². The van der Waals surface area contributed by atoms with Crippen LogP contribution in [-0.2, 0) is 9.53 Å². The van der Waals surface area contributed by atoms with Gasteiger partial charge in [-0.2, -0.15) is 0 Å². The lowest BCUT2D eigenvalue weighted by molar-refractivity contribution is -0.141. The second-order valence-electron chi connectivity index (χ2n) is 4.41. The standard InChI is InChI=1S/C15H15ClN2O3/c1-3-18(9-13(19)21-2)15(20)12-8-10-6-4-5-7-11(10)14(16)17-12/h4-8H,3,9H2,1-2H3. The number of hydrogen-bond acceptors (Lipinski definition) is 4. The summed E-state index contributed by atoms with van der Waals surface area (Å²) in [6.45, 7) is 2.04. The Balaban J connectivity index is 2.36. The van der Waals surface area contributed by atoms with Crippen LogP contribution in [0.5, 0.6) is 0 Å². The minimum atomic E-state index is -0.475. The highest BCUT2D eigenvalue weighted by molar-refractivity contribution is 6.34. The van der Waals surface area contributed by atoms with E-state index in [9.17, 15) is 9.59 Å². The number of methoxy groups -OCH3 is 1. The molecule has 0 spiro atoms. The molecule has 1 amide bonds. The molecule has 0 atom stereocenters. The van der Waals surface area contributed by atoms with E-state index in [4.69, 9.17) is 11.6 Å². The highest BCUT2D eigenvalue weighted by atomic mass is 35.5. The summed E-state index contributed by atoms with van der Waals surface area (Å²) in [5, 5.41) is 1.88. The van der Waals surface area contributed by atoms with Crippen LogP contribution in [0, 0.1) is 0 Å². The van der Waals surface area contributed by atoms with Crippen molar-refractivity contribution in [3.8, 4) is 0 Å². The Morgan fingerprint density at radius 1 is 1.33 bits per heavy atom. The number of likely N-dealkylation sites (N-methyl/N-ethyl adjacent to an activating group) is 1. The van der Waals surface area contributed by atoms with Gasteiger partial charge < -0.3 is 9.64 Å². The Hall–Kier alpha value is -2.14. The minimum Gasteiger partial charge on any atom is -0.468 e. The Morgan fingerprint density at radius 3 is 2.71 bits per heavy atom. The number of fused-ring (bicyclic) bond motifs is 1. The summed E-state index contributed by atoms with van der Waals surface area (Å²) in [5.74, 6) is -0.826. The zero-order valence-corrected chi connectivity index (χ0v) is 12.6. The molecule has 0 N–H and O–H groups in total. The Bertz CT molecular complexity index is 688. The molecule has 2 rings (SSSR count). The van der Waals surface area contributed by atoms with E-state index in [0.29, 0.717) is 6.54 Å². The number of carbonyl (C=O) groups is 2. The molecule has 0 aliphatic carbocycles. The third-order valence-corrected chi connectivity index (χ3v) is 3.42. The lowest BCUT2D eigenvalue weighted by Gasteiger charge is -2.19. The zero-order valence-electron chi connectivity index (χ0n) is 11.8. The molecule has 6 heteroatoms. The molecule has 21 heavy (non-hydrogen) atoms. The smallest absolute Gasteiger partial charge is 0.325 e. The number of amides is 1. The summed E-state index contributed by atoms with van der Waals surface area (Å²) in [7, 11) is 1.28. The van der Waals surface area contributed by atoms with Gasteiger partial charge >= 0.3 is 5.97 Å². The average molecular weight is 307 g/mol. The van der Waals surface area contributed by atoms with Crippen molar-refractivity contribution in [2.75, 3.05) is 20.2 Å². The number of esters is 1. The SMILES string of the molecule is CCN(CC(=O)OC)C(=O)c1cc2ccccc2c(Cl)n1. The number of rotatable bonds is 4. The number of halogens is 1. The van der Waals surface area contributed by atoms with Crippen molar-refractivity contribution < 1.29 is 14.3 Å². The highest BCUT2D eigenvalue weighted by Gasteiger charge is 2.20. The largest absolute Gasteiger partial charge is 0.468 e. The Labute approximate surface area is 127 Å². The molecule has 110 valence electrons. The monoisotopic (exact) mass is 306 g/mol. The second-order valence-corrected chi connectivity index (χ2v) is 4.77. The molecule has 5 nitrogen and oxygen atoms in total. The van der Waals surface area contributed by atoms with Crippen LogP contribution in [0.2, 0.25) is 5.15 Å². The lowest BCUT2D eigenvalue weighted by Crippen LogP contribution is -2.36. The van der Waals surface area contributed by atoms with E-state index in [-0.39, 0.29) is 23.3 Å². The van der Waals surface area contributed by atoms with Crippen LogP contribution in [0.25, 0.3) is 10.8 Å². The van der Waals surface area contributed by atoms with Crippen molar-refractivity contribution in [3.05, 3.63) is 41.2 Å². The maximum Gasteiger partial charge on any atom is 0.325 e. The van der Waals surface area contributed by atoms with Gasteiger partial charge in [-0.1, -0.05) is 35.9 Å². The van der Waals surface area contributed by atoms with E-state index < -0.39 is 5.97 Å².